The maximum Gasteiger partial charge on any atom is 0.125 e. The second-order valence-corrected chi connectivity index (χ2v) is 5.27. The van der Waals surface area contributed by atoms with Crippen molar-refractivity contribution in [3.8, 4) is 10.6 Å². The topological polar surface area (TPSA) is 29.9 Å². The molecule has 3 rings (SSSR count). The van der Waals surface area contributed by atoms with Gasteiger partial charge in [-0.05, 0) is 37.3 Å². The van der Waals surface area contributed by atoms with E-state index >= 15 is 0 Å². The van der Waals surface area contributed by atoms with Gasteiger partial charge >= 0.3 is 0 Å². The fourth-order valence-electron chi connectivity index (χ4n) is 2.14. The number of aromatic nitrogens is 2. The average Bonchev–Trinajstić information content (AvgIpc) is 2.84. The van der Waals surface area contributed by atoms with E-state index in [-0.39, 0.29) is 0 Å². The van der Waals surface area contributed by atoms with Crippen LogP contribution in [0.25, 0.3) is 10.6 Å². The Morgan fingerprint density at radius 3 is 3.12 bits per heavy atom. The first-order valence-electron chi connectivity index (χ1n) is 5.63. The van der Waals surface area contributed by atoms with Gasteiger partial charge < -0.3 is 5.32 Å². The summed E-state index contributed by atoms with van der Waals surface area (Å²) in [6.07, 6.45) is 1.15. The van der Waals surface area contributed by atoms with Crippen molar-refractivity contribution in [1.29, 1.82) is 0 Å². The SMILES string of the molecule is Cc1ccsc1-c1cc2n(n1)C(C)CCN2. The molecule has 0 aromatic carbocycles. The molecule has 3 heterocycles. The second kappa shape index (κ2) is 3.63. The Hall–Kier alpha value is -1.29. The van der Waals surface area contributed by atoms with Gasteiger partial charge in [-0.25, -0.2) is 4.68 Å². The zero-order valence-electron chi connectivity index (χ0n) is 9.53. The van der Waals surface area contributed by atoms with Crippen molar-refractivity contribution in [2.24, 2.45) is 0 Å². The van der Waals surface area contributed by atoms with Crippen molar-refractivity contribution in [3.63, 3.8) is 0 Å². The summed E-state index contributed by atoms with van der Waals surface area (Å²) in [6, 6.07) is 4.81. The molecule has 1 aliphatic rings. The van der Waals surface area contributed by atoms with Gasteiger partial charge in [-0.3, -0.25) is 0 Å². The average molecular weight is 233 g/mol. The third kappa shape index (κ3) is 1.45. The molecule has 0 fully saturated rings. The van der Waals surface area contributed by atoms with E-state index in [4.69, 9.17) is 5.10 Å². The Bertz CT molecular complexity index is 512. The fourth-order valence-corrected chi connectivity index (χ4v) is 3.02. The Morgan fingerprint density at radius 1 is 1.56 bits per heavy atom. The molecule has 4 heteroatoms. The predicted molar refractivity (Wildman–Crippen MR) is 68.1 cm³/mol. The number of anilines is 1. The van der Waals surface area contributed by atoms with Gasteiger partial charge in [-0.15, -0.1) is 11.3 Å². The molecule has 0 spiro atoms. The lowest BCUT2D eigenvalue weighted by atomic mass is 10.2. The number of rotatable bonds is 1. The number of fused-ring (bicyclic) bond motifs is 1. The number of hydrogen-bond donors (Lipinski definition) is 1. The second-order valence-electron chi connectivity index (χ2n) is 4.36. The van der Waals surface area contributed by atoms with Gasteiger partial charge in [0.2, 0.25) is 0 Å². The Morgan fingerprint density at radius 2 is 2.44 bits per heavy atom. The van der Waals surface area contributed by atoms with Crippen LogP contribution in [0, 0.1) is 6.92 Å². The van der Waals surface area contributed by atoms with Crippen molar-refractivity contribution >= 4 is 17.2 Å². The molecule has 0 radical (unpaired) electrons. The predicted octanol–water partition coefficient (Wildman–Crippen LogP) is 3.30. The zero-order valence-corrected chi connectivity index (χ0v) is 10.3. The summed E-state index contributed by atoms with van der Waals surface area (Å²) in [4.78, 5) is 1.29. The molecule has 1 N–H and O–H groups in total. The maximum absolute atomic E-state index is 4.70. The van der Waals surface area contributed by atoms with Crippen LogP contribution in [0.1, 0.15) is 24.9 Å². The molecular weight excluding hydrogens is 218 g/mol. The number of aryl methyl sites for hydroxylation is 1. The third-order valence-corrected chi connectivity index (χ3v) is 4.16. The van der Waals surface area contributed by atoms with E-state index in [1.807, 2.05) is 0 Å². The normalized spacial score (nSPS) is 19.2. The first-order chi connectivity index (χ1) is 7.75. The van der Waals surface area contributed by atoms with Gasteiger partial charge in [-0.1, -0.05) is 0 Å². The van der Waals surface area contributed by atoms with Gasteiger partial charge in [0.15, 0.2) is 0 Å². The van der Waals surface area contributed by atoms with E-state index in [1.54, 1.807) is 11.3 Å². The molecular formula is C12H15N3S. The summed E-state index contributed by atoms with van der Waals surface area (Å²) < 4.78 is 2.11. The molecule has 0 bridgehead atoms. The quantitative estimate of drug-likeness (QED) is 0.819. The summed E-state index contributed by atoms with van der Waals surface area (Å²) in [5.74, 6) is 1.15. The monoisotopic (exact) mass is 233 g/mol. The maximum atomic E-state index is 4.70. The molecule has 0 amide bonds. The smallest absolute Gasteiger partial charge is 0.125 e. The summed E-state index contributed by atoms with van der Waals surface area (Å²) >= 11 is 1.76. The van der Waals surface area contributed by atoms with Crippen LogP contribution in [0.4, 0.5) is 5.82 Å². The van der Waals surface area contributed by atoms with Crippen LogP contribution in [0.15, 0.2) is 17.5 Å². The summed E-state index contributed by atoms with van der Waals surface area (Å²) in [6.45, 7) is 5.42. The van der Waals surface area contributed by atoms with Crippen molar-refractivity contribution in [2.45, 2.75) is 26.3 Å². The lowest BCUT2D eigenvalue weighted by molar-refractivity contribution is 0.454. The lowest BCUT2D eigenvalue weighted by Gasteiger charge is -2.21. The molecule has 1 unspecified atom stereocenters. The fraction of sp³-hybridized carbons (Fsp3) is 0.417. The summed E-state index contributed by atoms with van der Waals surface area (Å²) in [5.41, 5.74) is 2.41. The highest BCUT2D eigenvalue weighted by atomic mass is 32.1. The minimum atomic E-state index is 0.505. The highest BCUT2D eigenvalue weighted by molar-refractivity contribution is 7.13. The molecule has 2 aromatic heterocycles. The van der Waals surface area contributed by atoms with E-state index in [2.05, 4.69) is 41.4 Å². The van der Waals surface area contributed by atoms with E-state index in [0.717, 1.165) is 24.5 Å². The largest absolute Gasteiger partial charge is 0.370 e. The molecule has 16 heavy (non-hydrogen) atoms. The Labute approximate surface area is 99.1 Å². The van der Waals surface area contributed by atoms with Gasteiger partial charge in [0.1, 0.15) is 11.5 Å². The molecule has 84 valence electrons. The van der Waals surface area contributed by atoms with Crippen LogP contribution in [-0.2, 0) is 0 Å². The number of nitrogens with zero attached hydrogens (tertiary/aromatic N) is 2. The van der Waals surface area contributed by atoms with Crippen LogP contribution in [0.5, 0.6) is 0 Å². The number of thiophene rings is 1. The Kier molecular flexibility index (Phi) is 2.24. The minimum Gasteiger partial charge on any atom is -0.370 e. The first kappa shape index (κ1) is 9.90. The minimum absolute atomic E-state index is 0.505. The molecule has 2 aromatic rings. The van der Waals surface area contributed by atoms with E-state index in [9.17, 15) is 0 Å². The van der Waals surface area contributed by atoms with Crippen LogP contribution in [0.2, 0.25) is 0 Å². The summed E-state index contributed by atoms with van der Waals surface area (Å²) in [7, 11) is 0. The highest BCUT2D eigenvalue weighted by Gasteiger charge is 2.19. The van der Waals surface area contributed by atoms with Gasteiger partial charge in [-0.2, -0.15) is 5.10 Å². The lowest BCUT2D eigenvalue weighted by Crippen LogP contribution is -2.21. The van der Waals surface area contributed by atoms with E-state index < -0.39 is 0 Å². The molecule has 0 saturated carbocycles. The molecule has 1 aliphatic heterocycles. The van der Waals surface area contributed by atoms with Crippen molar-refractivity contribution in [1.82, 2.24) is 9.78 Å². The van der Waals surface area contributed by atoms with Crippen LogP contribution < -0.4 is 5.32 Å². The van der Waals surface area contributed by atoms with Crippen LogP contribution in [-0.4, -0.2) is 16.3 Å². The van der Waals surface area contributed by atoms with E-state index in [1.165, 1.54) is 10.4 Å². The van der Waals surface area contributed by atoms with Crippen molar-refractivity contribution in [2.75, 3.05) is 11.9 Å². The van der Waals surface area contributed by atoms with Crippen LogP contribution >= 0.6 is 11.3 Å². The highest BCUT2D eigenvalue weighted by Crippen LogP contribution is 2.32. The zero-order chi connectivity index (χ0) is 11.1. The molecule has 0 aliphatic carbocycles. The standard InChI is InChI=1S/C12H15N3S/c1-8-4-6-16-12(8)10-7-11-13-5-3-9(2)15(11)14-10/h4,6-7,9,13H,3,5H2,1-2H3. The molecule has 1 atom stereocenters. The summed E-state index contributed by atoms with van der Waals surface area (Å²) in [5, 5.41) is 10.2. The Balaban J connectivity index is 2.08. The molecule has 3 nitrogen and oxygen atoms in total. The third-order valence-electron chi connectivity index (χ3n) is 3.12. The van der Waals surface area contributed by atoms with Gasteiger partial charge in [0.25, 0.3) is 0 Å². The van der Waals surface area contributed by atoms with Gasteiger partial charge in [0, 0.05) is 12.6 Å². The molecule has 0 saturated heterocycles. The number of hydrogen-bond acceptors (Lipinski definition) is 3. The first-order valence-corrected chi connectivity index (χ1v) is 6.51. The van der Waals surface area contributed by atoms with Gasteiger partial charge in [0.05, 0.1) is 10.9 Å². The number of nitrogens with one attached hydrogen (secondary N) is 1. The van der Waals surface area contributed by atoms with Crippen molar-refractivity contribution < 1.29 is 0 Å². The van der Waals surface area contributed by atoms with Crippen LogP contribution in [0.3, 0.4) is 0 Å². The van der Waals surface area contributed by atoms with E-state index in [0.29, 0.717) is 6.04 Å². The van der Waals surface area contributed by atoms with Crippen molar-refractivity contribution in [3.05, 3.63) is 23.1 Å².